The Labute approximate surface area is 81.3 Å². The molecule has 0 N–H and O–H groups in total. The average Bonchev–Trinajstić information content (AvgIpc) is 2.04. The first-order chi connectivity index (χ1) is 6.22. The Hall–Kier alpha value is -1.04. The molecule has 1 rings (SSSR count). The summed E-state index contributed by atoms with van der Waals surface area (Å²) in [5, 5.41) is 0. The van der Waals surface area contributed by atoms with Gasteiger partial charge in [-0.2, -0.15) is 0 Å². The highest BCUT2D eigenvalue weighted by Crippen LogP contribution is 2.11. The summed E-state index contributed by atoms with van der Waals surface area (Å²) in [6.07, 6.45) is 4.10. The molecule has 1 aromatic carbocycles. The topological polar surface area (TPSA) is 0 Å². The van der Waals surface area contributed by atoms with Crippen molar-refractivity contribution in [1.82, 2.24) is 0 Å². The van der Waals surface area contributed by atoms with Gasteiger partial charge in [-0.3, -0.25) is 0 Å². The Morgan fingerprint density at radius 2 is 2.00 bits per heavy atom. The molecule has 70 valence electrons. The van der Waals surface area contributed by atoms with Crippen LogP contribution in [0.3, 0.4) is 0 Å². The van der Waals surface area contributed by atoms with E-state index in [2.05, 4.69) is 44.7 Å². The van der Waals surface area contributed by atoms with Gasteiger partial charge in [0.05, 0.1) is 0 Å². The summed E-state index contributed by atoms with van der Waals surface area (Å²) in [6.45, 7) is 8.25. The van der Waals surface area contributed by atoms with Gasteiger partial charge in [-0.05, 0) is 29.9 Å². The van der Waals surface area contributed by atoms with Crippen molar-refractivity contribution in [3.8, 4) is 0 Å². The average molecular weight is 174 g/mol. The lowest BCUT2D eigenvalue weighted by molar-refractivity contribution is 0.647. The van der Waals surface area contributed by atoms with E-state index >= 15 is 0 Å². The van der Waals surface area contributed by atoms with Crippen LogP contribution in [-0.4, -0.2) is 0 Å². The molecular weight excluding hydrogens is 156 g/mol. The molecule has 0 heteroatoms. The van der Waals surface area contributed by atoms with Crippen LogP contribution in [0.2, 0.25) is 0 Å². The summed E-state index contributed by atoms with van der Waals surface area (Å²) in [5.74, 6) is 0.735. The molecule has 0 bridgehead atoms. The number of hydrogen-bond donors (Lipinski definition) is 0. The molecule has 0 aliphatic rings. The maximum atomic E-state index is 3.75. The van der Waals surface area contributed by atoms with Gasteiger partial charge in [0, 0.05) is 0 Å². The predicted molar refractivity (Wildman–Crippen MR) is 58.9 cm³/mol. The van der Waals surface area contributed by atoms with Gasteiger partial charge in [-0.25, -0.2) is 0 Å². The van der Waals surface area contributed by atoms with Gasteiger partial charge in [0.15, 0.2) is 0 Å². The number of rotatable bonds is 4. The van der Waals surface area contributed by atoms with Crippen LogP contribution < -0.4 is 0 Å². The van der Waals surface area contributed by atoms with Gasteiger partial charge >= 0.3 is 0 Å². The lowest BCUT2D eigenvalue weighted by atomic mass is 10.0. The van der Waals surface area contributed by atoms with Crippen molar-refractivity contribution in [2.45, 2.75) is 26.7 Å². The Kier molecular flexibility index (Phi) is 3.75. The van der Waals surface area contributed by atoms with Crippen LogP contribution in [0.1, 0.15) is 25.0 Å². The molecular formula is C13H18. The molecule has 0 fully saturated rings. The van der Waals surface area contributed by atoms with E-state index < -0.39 is 0 Å². The summed E-state index contributed by atoms with van der Waals surface area (Å²) in [4.78, 5) is 0. The molecule has 0 radical (unpaired) electrons. The lowest BCUT2D eigenvalue weighted by Crippen LogP contribution is -1.94. The van der Waals surface area contributed by atoms with Gasteiger partial charge in [0.25, 0.3) is 0 Å². The summed E-state index contributed by atoms with van der Waals surface area (Å²) < 4.78 is 0. The van der Waals surface area contributed by atoms with Crippen LogP contribution in [0.15, 0.2) is 36.9 Å². The highest BCUT2D eigenvalue weighted by molar-refractivity contribution is 5.25. The minimum absolute atomic E-state index is 0.735. The van der Waals surface area contributed by atoms with E-state index in [-0.39, 0.29) is 0 Å². The predicted octanol–water partition coefficient (Wildman–Crippen LogP) is 3.61. The smallest absolute Gasteiger partial charge is 0.0100 e. The fraction of sp³-hybridized carbons (Fsp3) is 0.385. The van der Waals surface area contributed by atoms with Gasteiger partial charge < -0.3 is 0 Å². The largest absolute Gasteiger partial charge is 0.103 e. The molecule has 0 saturated carbocycles. The third kappa shape index (κ3) is 3.45. The van der Waals surface area contributed by atoms with Crippen molar-refractivity contribution >= 4 is 0 Å². The minimum Gasteiger partial charge on any atom is -0.103 e. The van der Waals surface area contributed by atoms with Crippen molar-refractivity contribution < 1.29 is 0 Å². The molecule has 13 heavy (non-hydrogen) atoms. The third-order valence-electron chi connectivity index (χ3n) is 2.02. The zero-order chi connectivity index (χ0) is 9.68. The van der Waals surface area contributed by atoms with E-state index in [0.717, 1.165) is 12.3 Å². The number of allylic oxidation sites excluding steroid dienone is 1. The van der Waals surface area contributed by atoms with Crippen molar-refractivity contribution in [2.24, 2.45) is 5.92 Å². The first-order valence-corrected chi connectivity index (χ1v) is 4.91. The van der Waals surface area contributed by atoms with Crippen molar-refractivity contribution in [2.75, 3.05) is 0 Å². The highest BCUT2D eigenvalue weighted by atomic mass is 14.0. The second-order valence-electron chi connectivity index (χ2n) is 3.91. The van der Waals surface area contributed by atoms with Crippen LogP contribution in [0.5, 0.6) is 0 Å². The Morgan fingerprint density at radius 3 is 2.62 bits per heavy atom. The molecule has 0 aliphatic carbocycles. The van der Waals surface area contributed by atoms with E-state index in [1.807, 2.05) is 6.08 Å². The van der Waals surface area contributed by atoms with Crippen LogP contribution >= 0.6 is 0 Å². The van der Waals surface area contributed by atoms with Crippen molar-refractivity contribution in [3.63, 3.8) is 0 Å². The normalized spacial score (nSPS) is 10.4. The van der Waals surface area contributed by atoms with Gasteiger partial charge in [0.2, 0.25) is 0 Å². The lowest BCUT2D eigenvalue weighted by Gasteiger charge is -2.06. The summed E-state index contributed by atoms with van der Waals surface area (Å²) in [7, 11) is 0. The second kappa shape index (κ2) is 4.86. The van der Waals surface area contributed by atoms with Crippen LogP contribution in [0.4, 0.5) is 0 Å². The van der Waals surface area contributed by atoms with E-state index in [1.54, 1.807) is 0 Å². The quantitative estimate of drug-likeness (QED) is 0.612. The molecule has 0 heterocycles. The van der Waals surface area contributed by atoms with Crippen molar-refractivity contribution in [3.05, 3.63) is 48.0 Å². The van der Waals surface area contributed by atoms with Crippen LogP contribution in [-0.2, 0) is 12.8 Å². The summed E-state index contributed by atoms with van der Waals surface area (Å²) >= 11 is 0. The van der Waals surface area contributed by atoms with Gasteiger partial charge in [-0.15, -0.1) is 6.58 Å². The maximum Gasteiger partial charge on any atom is -0.0100 e. The standard InChI is InChI=1S/C13H18/c1-4-6-12-7-5-8-13(10-12)9-11(2)3/h4-5,7-8,10-11H,1,6,9H2,2-3H3. The Bertz CT molecular complexity index is 271. The molecule has 0 spiro atoms. The van der Waals surface area contributed by atoms with E-state index in [4.69, 9.17) is 0 Å². The molecule has 1 aromatic rings. The molecule has 0 amide bonds. The number of hydrogen-bond acceptors (Lipinski definition) is 0. The van der Waals surface area contributed by atoms with E-state index in [1.165, 1.54) is 17.5 Å². The van der Waals surface area contributed by atoms with Crippen LogP contribution in [0, 0.1) is 5.92 Å². The van der Waals surface area contributed by atoms with E-state index in [0.29, 0.717) is 0 Å². The molecule has 0 unspecified atom stereocenters. The molecule has 0 atom stereocenters. The second-order valence-corrected chi connectivity index (χ2v) is 3.91. The van der Waals surface area contributed by atoms with Gasteiger partial charge in [0.1, 0.15) is 0 Å². The van der Waals surface area contributed by atoms with Crippen molar-refractivity contribution in [1.29, 1.82) is 0 Å². The fourth-order valence-corrected chi connectivity index (χ4v) is 1.52. The molecule has 0 nitrogen and oxygen atoms in total. The van der Waals surface area contributed by atoms with Crippen LogP contribution in [0.25, 0.3) is 0 Å². The fourth-order valence-electron chi connectivity index (χ4n) is 1.52. The van der Waals surface area contributed by atoms with Gasteiger partial charge in [-0.1, -0.05) is 44.2 Å². The summed E-state index contributed by atoms with van der Waals surface area (Å²) in [5.41, 5.74) is 2.81. The zero-order valence-electron chi connectivity index (χ0n) is 8.59. The van der Waals surface area contributed by atoms with E-state index in [9.17, 15) is 0 Å². The molecule has 0 saturated heterocycles. The monoisotopic (exact) mass is 174 g/mol. The first kappa shape index (κ1) is 10.0. The first-order valence-electron chi connectivity index (χ1n) is 4.91. The maximum absolute atomic E-state index is 3.75. The zero-order valence-corrected chi connectivity index (χ0v) is 8.59. The molecule has 0 aliphatic heterocycles. The third-order valence-corrected chi connectivity index (χ3v) is 2.02. The SMILES string of the molecule is C=CCc1cccc(CC(C)C)c1. The number of benzene rings is 1. The minimum atomic E-state index is 0.735. The highest BCUT2D eigenvalue weighted by Gasteiger charge is 1.97. The summed E-state index contributed by atoms with van der Waals surface area (Å²) in [6, 6.07) is 8.77. The Balaban J connectivity index is 2.72. The Morgan fingerprint density at radius 1 is 1.31 bits per heavy atom. The molecule has 0 aromatic heterocycles.